The second kappa shape index (κ2) is 10.5. The summed E-state index contributed by atoms with van der Waals surface area (Å²) in [7, 11) is -3.75. The monoisotopic (exact) mass is 508 g/mol. The van der Waals surface area contributed by atoms with Crippen LogP contribution in [0, 0.1) is 5.92 Å². The van der Waals surface area contributed by atoms with Crippen molar-refractivity contribution in [3.63, 3.8) is 0 Å². The highest BCUT2D eigenvalue weighted by molar-refractivity contribution is 7.90. The van der Waals surface area contributed by atoms with E-state index in [0.29, 0.717) is 24.2 Å². The molecule has 192 valence electrons. The zero-order valence-corrected chi connectivity index (χ0v) is 22.0. The summed E-state index contributed by atoms with van der Waals surface area (Å²) < 4.78 is 28.3. The molecule has 0 unspecified atom stereocenters. The molecule has 1 aliphatic rings. The molecule has 3 N–H and O–H groups in total. The van der Waals surface area contributed by atoms with Crippen molar-refractivity contribution in [1.29, 1.82) is 0 Å². The van der Waals surface area contributed by atoms with Crippen molar-refractivity contribution in [1.82, 2.24) is 14.2 Å². The van der Waals surface area contributed by atoms with E-state index in [4.69, 9.17) is 5.73 Å². The summed E-state index contributed by atoms with van der Waals surface area (Å²) in [5.41, 5.74) is 8.17. The van der Waals surface area contributed by atoms with Crippen LogP contribution in [-0.4, -0.2) is 47.9 Å². The normalized spacial score (nSPS) is 17.9. The Balaban J connectivity index is 1.65. The number of benzene rings is 2. The summed E-state index contributed by atoms with van der Waals surface area (Å²) in [4.78, 5) is 15.8. The van der Waals surface area contributed by atoms with Gasteiger partial charge in [0.2, 0.25) is 5.91 Å². The van der Waals surface area contributed by atoms with Crippen LogP contribution >= 0.6 is 0 Å². The number of nitrogens with zero attached hydrogens (tertiary/aromatic N) is 2. The second-order valence-electron chi connectivity index (χ2n) is 10.00. The van der Waals surface area contributed by atoms with Crippen LogP contribution in [0.2, 0.25) is 0 Å². The van der Waals surface area contributed by atoms with E-state index in [-0.39, 0.29) is 28.8 Å². The number of amides is 1. The molecule has 0 radical (unpaired) electrons. The minimum atomic E-state index is -3.75. The van der Waals surface area contributed by atoms with Gasteiger partial charge in [0.05, 0.1) is 10.4 Å². The van der Waals surface area contributed by atoms with Gasteiger partial charge in [0, 0.05) is 35.9 Å². The molecular formula is C28H36N4O3S. The standard InChI is InChI=1S/C28H36N4O3S/c1-19(2)27(30-21(4)20(3)29)28(33)31-16-10-11-23(31)17-22-18-32(26-15-9-8-14-25(22)26)36(34,35)24-12-6-5-7-13-24/h5-9,12-15,18-20,23,27,30H,4,10-11,16-17,29H2,1-3H3/t20-,23-,27-/m0/s1. The number of likely N-dealkylation sites (tertiary alicyclic amines) is 1. The summed E-state index contributed by atoms with van der Waals surface area (Å²) in [6.45, 7) is 10.5. The molecular weight excluding hydrogens is 472 g/mol. The Hall–Kier alpha value is -3.10. The Morgan fingerprint density at radius 2 is 1.78 bits per heavy atom. The molecule has 8 heteroatoms. The lowest BCUT2D eigenvalue weighted by atomic mass is 9.99. The number of hydrogen-bond donors (Lipinski definition) is 2. The number of nitrogens with two attached hydrogens (primary N) is 1. The predicted octanol–water partition coefficient (Wildman–Crippen LogP) is 3.89. The Bertz CT molecular complexity index is 1350. The van der Waals surface area contributed by atoms with Crippen molar-refractivity contribution in [3.8, 4) is 0 Å². The largest absolute Gasteiger partial charge is 0.376 e. The minimum Gasteiger partial charge on any atom is -0.376 e. The average Bonchev–Trinajstić information content (AvgIpc) is 3.48. The Morgan fingerprint density at radius 1 is 1.11 bits per heavy atom. The van der Waals surface area contributed by atoms with Gasteiger partial charge in [-0.15, -0.1) is 0 Å². The summed E-state index contributed by atoms with van der Waals surface area (Å²) in [6, 6.07) is 15.3. The number of para-hydroxylation sites is 1. The first-order valence-electron chi connectivity index (χ1n) is 12.5. The molecule has 4 rings (SSSR count). The minimum absolute atomic E-state index is 0.0113. The van der Waals surface area contributed by atoms with Crippen LogP contribution in [0.1, 0.15) is 39.2 Å². The first kappa shape index (κ1) is 26.0. The van der Waals surface area contributed by atoms with Crippen LogP contribution in [0.15, 0.2) is 78.0 Å². The van der Waals surface area contributed by atoms with E-state index in [1.54, 1.807) is 36.5 Å². The van der Waals surface area contributed by atoms with Gasteiger partial charge in [-0.25, -0.2) is 12.4 Å². The molecule has 1 aliphatic heterocycles. The molecule has 3 aromatic rings. The fraction of sp³-hybridized carbons (Fsp3) is 0.393. The zero-order chi connectivity index (χ0) is 26.0. The Kier molecular flexibility index (Phi) is 7.57. The highest BCUT2D eigenvalue weighted by atomic mass is 32.2. The summed E-state index contributed by atoms with van der Waals surface area (Å²) in [5.74, 6) is 0.0992. The summed E-state index contributed by atoms with van der Waals surface area (Å²) in [5, 5.41) is 4.14. The third-order valence-corrected chi connectivity index (χ3v) is 8.69. The predicted molar refractivity (Wildman–Crippen MR) is 144 cm³/mol. The lowest BCUT2D eigenvalue weighted by molar-refractivity contribution is -0.135. The molecule has 0 bridgehead atoms. The van der Waals surface area contributed by atoms with E-state index in [1.165, 1.54) is 3.97 Å². The molecule has 1 saturated heterocycles. The molecule has 0 aliphatic carbocycles. The highest BCUT2D eigenvalue weighted by Crippen LogP contribution is 2.30. The van der Waals surface area contributed by atoms with Crippen molar-refractivity contribution in [2.75, 3.05) is 6.54 Å². The van der Waals surface area contributed by atoms with Gasteiger partial charge < -0.3 is 16.0 Å². The van der Waals surface area contributed by atoms with E-state index in [0.717, 1.165) is 23.8 Å². The highest BCUT2D eigenvalue weighted by Gasteiger charge is 2.35. The molecule has 1 amide bonds. The van der Waals surface area contributed by atoms with E-state index in [1.807, 2.05) is 49.9 Å². The van der Waals surface area contributed by atoms with Gasteiger partial charge in [0.25, 0.3) is 10.0 Å². The van der Waals surface area contributed by atoms with Gasteiger partial charge in [-0.1, -0.05) is 56.8 Å². The van der Waals surface area contributed by atoms with Crippen LogP contribution in [-0.2, 0) is 21.2 Å². The van der Waals surface area contributed by atoms with Crippen LogP contribution in [0.3, 0.4) is 0 Å². The molecule has 1 fully saturated rings. The van der Waals surface area contributed by atoms with Crippen molar-refractivity contribution < 1.29 is 13.2 Å². The fourth-order valence-corrected chi connectivity index (χ4v) is 6.31. The van der Waals surface area contributed by atoms with Crippen LogP contribution in [0.4, 0.5) is 0 Å². The number of carbonyl (C=O) groups excluding carboxylic acids is 1. The molecule has 3 atom stereocenters. The smallest absolute Gasteiger partial charge is 0.268 e. The lowest BCUT2D eigenvalue weighted by Gasteiger charge is -2.32. The third kappa shape index (κ3) is 5.06. The van der Waals surface area contributed by atoms with Crippen LogP contribution in [0.25, 0.3) is 10.9 Å². The zero-order valence-electron chi connectivity index (χ0n) is 21.2. The maximum atomic E-state index is 13.6. The van der Waals surface area contributed by atoms with Gasteiger partial charge in [-0.05, 0) is 55.9 Å². The molecule has 7 nitrogen and oxygen atoms in total. The van der Waals surface area contributed by atoms with E-state index in [9.17, 15) is 13.2 Å². The molecule has 2 heterocycles. The van der Waals surface area contributed by atoms with Crippen LogP contribution in [0.5, 0.6) is 0 Å². The van der Waals surface area contributed by atoms with Gasteiger partial charge in [0.15, 0.2) is 0 Å². The second-order valence-corrected chi connectivity index (χ2v) is 11.8. The van der Waals surface area contributed by atoms with Gasteiger partial charge in [0.1, 0.15) is 6.04 Å². The SMILES string of the molecule is C=C(N[C@H](C(=O)N1CCC[C@H]1Cc1cn(S(=O)(=O)c2ccccc2)c2ccccc12)C(C)C)[C@H](C)N. The molecule has 36 heavy (non-hydrogen) atoms. The van der Waals surface area contributed by atoms with Crippen molar-refractivity contribution in [2.24, 2.45) is 11.7 Å². The van der Waals surface area contributed by atoms with Gasteiger partial charge in [-0.3, -0.25) is 4.79 Å². The number of rotatable bonds is 9. The Morgan fingerprint density at radius 3 is 2.44 bits per heavy atom. The number of hydrogen-bond acceptors (Lipinski definition) is 5. The fourth-order valence-electron chi connectivity index (χ4n) is 4.90. The maximum absolute atomic E-state index is 13.6. The lowest BCUT2D eigenvalue weighted by Crippen LogP contribution is -2.52. The molecule has 2 aromatic carbocycles. The molecule has 0 saturated carbocycles. The number of carbonyl (C=O) groups is 1. The van der Waals surface area contributed by atoms with Crippen molar-refractivity contribution in [3.05, 3.63) is 78.6 Å². The van der Waals surface area contributed by atoms with E-state index in [2.05, 4.69) is 11.9 Å². The summed E-state index contributed by atoms with van der Waals surface area (Å²) >= 11 is 0. The van der Waals surface area contributed by atoms with Crippen molar-refractivity contribution in [2.45, 2.75) is 63.1 Å². The number of nitrogens with one attached hydrogen (secondary N) is 1. The average molecular weight is 509 g/mol. The first-order chi connectivity index (χ1) is 17.1. The quantitative estimate of drug-likeness (QED) is 0.457. The van der Waals surface area contributed by atoms with E-state index >= 15 is 0 Å². The van der Waals surface area contributed by atoms with Crippen LogP contribution < -0.4 is 11.1 Å². The van der Waals surface area contributed by atoms with Gasteiger partial charge in [-0.2, -0.15) is 0 Å². The molecule has 0 spiro atoms. The maximum Gasteiger partial charge on any atom is 0.268 e. The first-order valence-corrected chi connectivity index (χ1v) is 14.0. The topological polar surface area (TPSA) is 97.4 Å². The van der Waals surface area contributed by atoms with Crippen molar-refractivity contribution >= 4 is 26.8 Å². The van der Waals surface area contributed by atoms with Gasteiger partial charge >= 0.3 is 0 Å². The Labute approximate surface area is 214 Å². The number of fused-ring (bicyclic) bond motifs is 1. The molecule has 1 aromatic heterocycles. The van der Waals surface area contributed by atoms with E-state index < -0.39 is 16.1 Å². The summed E-state index contributed by atoms with van der Waals surface area (Å²) in [6.07, 6.45) is 4.10. The third-order valence-electron chi connectivity index (χ3n) is 7.00. The number of aromatic nitrogens is 1.